The van der Waals surface area contributed by atoms with E-state index < -0.39 is 6.61 Å². The molecule has 3 aromatic rings. The van der Waals surface area contributed by atoms with E-state index in [1.54, 1.807) is 30.1 Å². The van der Waals surface area contributed by atoms with E-state index in [1.165, 1.54) is 18.3 Å². The predicted octanol–water partition coefficient (Wildman–Crippen LogP) is 2.52. The molecule has 2 aliphatic rings. The Morgan fingerprint density at radius 3 is 2.70 bits per heavy atom. The van der Waals surface area contributed by atoms with Crippen molar-refractivity contribution in [1.82, 2.24) is 29.6 Å². The molecule has 11 nitrogen and oxygen atoms in total. The zero-order valence-corrected chi connectivity index (χ0v) is 20.3. The van der Waals surface area contributed by atoms with E-state index in [4.69, 9.17) is 4.98 Å². The number of hydrogen-bond acceptors (Lipinski definition) is 9. The van der Waals surface area contributed by atoms with Crippen molar-refractivity contribution in [3.05, 3.63) is 36.8 Å². The van der Waals surface area contributed by atoms with Crippen molar-refractivity contribution < 1.29 is 23.4 Å². The number of piperidine rings is 1. The summed E-state index contributed by atoms with van der Waals surface area (Å²) in [6, 6.07) is 4.51. The summed E-state index contributed by atoms with van der Waals surface area (Å²) in [6.45, 7) is 2.11. The van der Waals surface area contributed by atoms with Gasteiger partial charge in [0.15, 0.2) is 5.82 Å². The molecule has 0 unspecified atom stereocenters. The summed E-state index contributed by atoms with van der Waals surface area (Å²) in [5.74, 6) is 1.96. The van der Waals surface area contributed by atoms with Crippen molar-refractivity contribution in [3.8, 4) is 17.1 Å². The first-order chi connectivity index (χ1) is 17.8. The molecular weight excluding hydrogens is 486 g/mol. The van der Waals surface area contributed by atoms with Crippen LogP contribution in [0.3, 0.4) is 0 Å². The van der Waals surface area contributed by atoms with E-state index >= 15 is 0 Å². The van der Waals surface area contributed by atoms with Gasteiger partial charge in [-0.15, -0.1) is 0 Å². The van der Waals surface area contributed by atoms with Crippen LogP contribution in [-0.4, -0.2) is 80.0 Å². The second kappa shape index (κ2) is 10.2. The number of anilines is 3. The maximum atomic E-state index is 12.6. The number of rotatable bonds is 8. The van der Waals surface area contributed by atoms with Crippen LogP contribution in [0.1, 0.15) is 19.8 Å². The van der Waals surface area contributed by atoms with E-state index in [2.05, 4.69) is 30.0 Å². The summed E-state index contributed by atoms with van der Waals surface area (Å²) >= 11 is 0. The van der Waals surface area contributed by atoms with Crippen molar-refractivity contribution in [3.63, 3.8) is 0 Å². The van der Waals surface area contributed by atoms with Crippen LogP contribution in [0.2, 0.25) is 0 Å². The summed E-state index contributed by atoms with van der Waals surface area (Å²) in [5, 5.41) is 16.5. The van der Waals surface area contributed by atoms with Crippen LogP contribution in [0.15, 0.2) is 36.8 Å². The molecule has 0 aliphatic carbocycles. The quantitative estimate of drug-likeness (QED) is 0.467. The number of alkyl halides is 2. The average Bonchev–Trinajstić information content (AvgIpc) is 3.31. The number of ether oxygens (including phenoxy) is 1. The molecule has 196 valence electrons. The number of aliphatic hydroxyl groups excluding tert-OH is 1. The average molecular weight is 515 g/mol. The number of aliphatic hydroxyl groups is 1. The Balaban J connectivity index is 1.39. The lowest BCUT2D eigenvalue weighted by Crippen LogP contribution is -2.61. The maximum absolute atomic E-state index is 12.6. The Morgan fingerprint density at radius 1 is 1.22 bits per heavy atom. The van der Waals surface area contributed by atoms with Crippen molar-refractivity contribution in [2.24, 2.45) is 5.41 Å². The smallest absolute Gasteiger partial charge is 0.387 e. The summed E-state index contributed by atoms with van der Waals surface area (Å²) in [7, 11) is 0. The van der Waals surface area contributed by atoms with Gasteiger partial charge in [-0.1, -0.05) is 0 Å². The first-order valence-corrected chi connectivity index (χ1v) is 12.0. The van der Waals surface area contributed by atoms with Gasteiger partial charge < -0.3 is 25.0 Å². The van der Waals surface area contributed by atoms with Crippen molar-refractivity contribution in [1.29, 1.82) is 0 Å². The number of nitrogens with zero attached hydrogens (tertiary/aromatic N) is 7. The maximum Gasteiger partial charge on any atom is 0.387 e. The molecule has 0 aromatic carbocycles. The summed E-state index contributed by atoms with van der Waals surface area (Å²) in [5.41, 5.74) is 0.824. The van der Waals surface area contributed by atoms with Crippen LogP contribution in [0.4, 0.5) is 26.2 Å². The number of nitrogens with one attached hydrogen (secondary N) is 1. The Kier molecular flexibility index (Phi) is 6.87. The molecule has 5 heterocycles. The fraction of sp³-hybridized carbons (Fsp3) is 0.458. The van der Waals surface area contributed by atoms with Crippen LogP contribution in [0.25, 0.3) is 11.4 Å². The third-order valence-electron chi connectivity index (χ3n) is 6.79. The lowest BCUT2D eigenvalue weighted by atomic mass is 9.72. The standard InChI is InChI=1S/C24H28F2N8O3/c1-16(36)32-6-3-24(4-7-32)14-33(15-24)21-11-20(29-19-10-18(2-5-27-19)37-23(25)26)30-22(31-21)17-12-28-34(13-17)8-9-35/h2,5,10-13,23,35H,3-4,6-9,14-15H2,1H3,(H,27,29,30,31). The highest BCUT2D eigenvalue weighted by Crippen LogP contribution is 2.42. The SMILES string of the molecule is CC(=O)N1CCC2(CC1)CN(c1cc(Nc3cc(OC(F)F)ccn3)nc(-c3cnn(CCO)c3)n1)C2. The molecule has 2 aliphatic heterocycles. The minimum absolute atomic E-state index is 0.0196. The molecule has 3 aromatic heterocycles. The summed E-state index contributed by atoms with van der Waals surface area (Å²) in [6.07, 6.45) is 6.64. The number of amides is 1. The van der Waals surface area contributed by atoms with E-state index in [-0.39, 0.29) is 23.7 Å². The molecule has 13 heteroatoms. The van der Waals surface area contributed by atoms with Gasteiger partial charge in [-0.2, -0.15) is 13.9 Å². The van der Waals surface area contributed by atoms with Crippen molar-refractivity contribution in [2.45, 2.75) is 32.9 Å². The van der Waals surface area contributed by atoms with E-state index in [9.17, 15) is 18.7 Å². The highest BCUT2D eigenvalue weighted by Gasteiger charge is 2.45. The summed E-state index contributed by atoms with van der Waals surface area (Å²) < 4.78 is 31.4. The molecule has 2 fully saturated rings. The molecule has 1 amide bonds. The highest BCUT2D eigenvalue weighted by atomic mass is 19.3. The van der Waals surface area contributed by atoms with E-state index in [0.29, 0.717) is 35.4 Å². The van der Waals surface area contributed by atoms with Gasteiger partial charge in [0.05, 0.1) is 24.9 Å². The molecule has 2 saturated heterocycles. The van der Waals surface area contributed by atoms with Crippen LogP contribution in [-0.2, 0) is 11.3 Å². The van der Waals surface area contributed by atoms with Gasteiger partial charge in [-0.25, -0.2) is 15.0 Å². The van der Waals surface area contributed by atoms with Crippen molar-refractivity contribution >= 4 is 23.4 Å². The molecule has 0 saturated carbocycles. The van der Waals surface area contributed by atoms with Gasteiger partial charge in [-0.3, -0.25) is 9.48 Å². The van der Waals surface area contributed by atoms with Gasteiger partial charge >= 0.3 is 6.61 Å². The Labute approximate surface area is 212 Å². The number of carbonyl (C=O) groups is 1. The minimum Gasteiger partial charge on any atom is -0.435 e. The zero-order chi connectivity index (χ0) is 26.0. The van der Waals surface area contributed by atoms with Crippen molar-refractivity contribution in [2.75, 3.05) is 43.0 Å². The second-order valence-electron chi connectivity index (χ2n) is 9.39. The highest BCUT2D eigenvalue weighted by molar-refractivity contribution is 5.73. The Morgan fingerprint density at radius 2 is 2.00 bits per heavy atom. The topological polar surface area (TPSA) is 122 Å². The van der Waals surface area contributed by atoms with E-state index in [0.717, 1.165) is 39.0 Å². The fourth-order valence-corrected chi connectivity index (χ4v) is 4.82. The van der Waals surface area contributed by atoms with E-state index in [1.807, 2.05) is 4.90 Å². The monoisotopic (exact) mass is 514 g/mol. The number of carbonyl (C=O) groups excluding carboxylic acids is 1. The van der Waals surface area contributed by atoms with Crippen LogP contribution >= 0.6 is 0 Å². The van der Waals surface area contributed by atoms with Gasteiger partial charge in [0.1, 0.15) is 23.2 Å². The van der Waals surface area contributed by atoms with Crippen LogP contribution in [0.5, 0.6) is 5.75 Å². The molecule has 37 heavy (non-hydrogen) atoms. The Bertz CT molecular complexity index is 1250. The van der Waals surface area contributed by atoms with Crippen LogP contribution < -0.4 is 15.0 Å². The third-order valence-corrected chi connectivity index (χ3v) is 6.79. The van der Waals surface area contributed by atoms with Gasteiger partial charge in [-0.05, 0) is 18.9 Å². The molecule has 1 spiro atoms. The van der Waals surface area contributed by atoms with Crippen LogP contribution in [0, 0.1) is 5.41 Å². The largest absolute Gasteiger partial charge is 0.435 e. The van der Waals surface area contributed by atoms with Gasteiger partial charge in [0, 0.05) is 63.0 Å². The molecule has 5 rings (SSSR count). The first-order valence-electron chi connectivity index (χ1n) is 12.0. The minimum atomic E-state index is -2.94. The first kappa shape index (κ1) is 24.8. The second-order valence-corrected chi connectivity index (χ2v) is 9.39. The molecule has 0 radical (unpaired) electrons. The van der Waals surface area contributed by atoms with Gasteiger partial charge in [0.2, 0.25) is 5.91 Å². The molecular formula is C24H28F2N8O3. The van der Waals surface area contributed by atoms with Gasteiger partial charge in [0.25, 0.3) is 0 Å². The predicted molar refractivity (Wildman–Crippen MR) is 131 cm³/mol. The normalized spacial score (nSPS) is 16.7. The summed E-state index contributed by atoms with van der Waals surface area (Å²) in [4.78, 5) is 29.3. The third kappa shape index (κ3) is 5.61. The Hall–Kier alpha value is -3.87. The molecule has 2 N–H and O–H groups in total. The zero-order valence-electron chi connectivity index (χ0n) is 20.3. The number of aromatic nitrogens is 5. The number of halogens is 2. The lowest BCUT2D eigenvalue weighted by molar-refractivity contribution is -0.131. The molecule has 0 atom stereocenters. The number of pyridine rings is 1. The number of hydrogen-bond donors (Lipinski definition) is 2. The molecule has 0 bridgehead atoms. The lowest BCUT2D eigenvalue weighted by Gasteiger charge is -2.54. The number of likely N-dealkylation sites (tertiary alicyclic amines) is 1. The fourth-order valence-electron chi connectivity index (χ4n) is 4.82.